The maximum atomic E-state index is 9.86. The Kier molecular flexibility index (Phi) is 6.16. The fourth-order valence-corrected chi connectivity index (χ4v) is 1.88. The van der Waals surface area contributed by atoms with E-state index >= 15 is 0 Å². The van der Waals surface area contributed by atoms with E-state index in [4.69, 9.17) is 4.42 Å². The Hall–Kier alpha value is -0.830. The quantitative estimate of drug-likeness (QED) is 0.685. The fourth-order valence-electron chi connectivity index (χ4n) is 1.88. The van der Waals surface area contributed by atoms with Crippen molar-refractivity contribution >= 4 is 0 Å². The van der Waals surface area contributed by atoms with Crippen LogP contribution in [0.1, 0.15) is 69.4 Å². The third-order valence-electron chi connectivity index (χ3n) is 2.92. The number of hydrogen-bond acceptors (Lipinski definition) is 3. The number of unbranched alkanes of at least 4 members (excludes halogenated alkanes) is 5. The number of hydrogen-bond donors (Lipinski definition) is 1. The lowest BCUT2D eigenvalue weighted by Gasteiger charge is -2.07. The largest absolute Gasteiger partial charge is 0.445 e. The molecule has 1 aromatic rings. The van der Waals surface area contributed by atoms with Gasteiger partial charge in [0.2, 0.25) is 0 Å². The molecule has 1 aromatic heterocycles. The molecule has 0 aliphatic carbocycles. The van der Waals surface area contributed by atoms with Gasteiger partial charge < -0.3 is 9.52 Å². The van der Waals surface area contributed by atoms with Crippen LogP contribution in [0.2, 0.25) is 0 Å². The minimum absolute atomic E-state index is 0.478. The van der Waals surface area contributed by atoms with E-state index < -0.39 is 6.10 Å². The first kappa shape index (κ1) is 13.2. The van der Waals surface area contributed by atoms with Crippen LogP contribution in [0.3, 0.4) is 0 Å². The first-order valence-corrected chi connectivity index (χ1v) is 6.33. The lowest BCUT2D eigenvalue weighted by atomic mass is 10.1. The highest BCUT2D eigenvalue weighted by atomic mass is 16.4. The Balaban J connectivity index is 2.11. The van der Waals surface area contributed by atoms with Gasteiger partial charge in [0.1, 0.15) is 6.10 Å². The van der Waals surface area contributed by atoms with Crippen molar-refractivity contribution in [1.82, 2.24) is 4.98 Å². The van der Waals surface area contributed by atoms with Crippen LogP contribution in [0.5, 0.6) is 0 Å². The zero-order chi connectivity index (χ0) is 11.8. The molecule has 0 aromatic carbocycles. The lowest BCUT2D eigenvalue weighted by Crippen LogP contribution is -1.98. The van der Waals surface area contributed by atoms with Gasteiger partial charge in [-0.2, -0.15) is 0 Å². The molecule has 0 bridgehead atoms. The topological polar surface area (TPSA) is 46.3 Å². The van der Waals surface area contributed by atoms with Crippen LogP contribution in [-0.2, 0) is 0 Å². The molecule has 0 aliphatic heterocycles. The minimum Gasteiger partial charge on any atom is -0.445 e. The Morgan fingerprint density at radius 3 is 2.56 bits per heavy atom. The zero-order valence-electron chi connectivity index (χ0n) is 10.4. The Labute approximate surface area is 97.9 Å². The summed E-state index contributed by atoms with van der Waals surface area (Å²) in [6.45, 7) is 4.08. The molecular formula is C13H23NO2. The van der Waals surface area contributed by atoms with E-state index in [0.29, 0.717) is 5.76 Å². The second-order valence-electron chi connectivity index (χ2n) is 4.37. The summed E-state index contributed by atoms with van der Waals surface area (Å²) < 4.78 is 5.16. The van der Waals surface area contributed by atoms with E-state index in [-0.39, 0.29) is 0 Å². The third-order valence-corrected chi connectivity index (χ3v) is 2.92. The normalized spacial score (nSPS) is 12.9. The van der Waals surface area contributed by atoms with E-state index in [1.165, 1.54) is 38.5 Å². The number of nitrogens with zero attached hydrogens (tertiary/aromatic N) is 1. The first-order chi connectivity index (χ1) is 7.75. The maximum absolute atomic E-state index is 9.86. The van der Waals surface area contributed by atoms with Crippen molar-refractivity contribution < 1.29 is 9.52 Å². The number of rotatable bonds is 8. The van der Waals surface area contributed by atoms with Gasteiger partial charge in [-0.1, -0.05) is 45.4 Å². The predicted molar refractivity (Wildman–Crippen MR) is 64.2 cm³/mol. The van der Waals surface area contributed by atoms with Gasteiger partial charge in [-0.25, -0.2) is 4.98 Å². The minimum atomic E-state index is -0.478. The average molecular weight is 225 g/mol. The summed E-state index contributed by atoms with van der Waals surface area (Å²) in [5.41, 5.74) is 0.804. The van der Waals surface area contributed by atoms with Gasteiger partial charge >= 0.3 is 0 Å². The highest BCUT2D eigenvalue weighted by molar-refractivity contribution is 5.07. The molecule has 3 nitrogen and oxygen atoms in total. The predicted octanol–water partition coefficient (Wildman–Crippen LogP) is 3.77. The monoisotopic (exact) mass is 225 g/mol. The molecule has 1 atom stereocenters. The number of oxazole rings is 1. The van der Waals surface area contributed by atoms with Crippen molar-refractivity contribution in [2.45, 2.75) is 64.9 Å². The van der Waals surface area contributed by atoms with E-state index in [9.17, 15) is 5.11 Å². The Morgan fingerprint density at radius 1 is 1.25 bits per heavy atom. The molecule has 0 amide bonds. The standard InChI is InChI=1S/C13H23NO2/c1-3-4-5-6-7-8-9-12(15)13-11(2)14-10-16-13/h10,12,15H,3-9H2,1-2H3. The molecule has 0 spiro atoms. The van der Waals surface area contributed by atoms with Crippen molar-refractivity contribution in [3.05, 3.63) is 17.8 Å². The van der Waals surface area contributed by atoms with Gasteiger partial charge in [0.05, 0.1) is 5.69 Å². The van der Waals surface area contributed by atoms with E-state index in [1.54, 1.807) is 0 Å². The molecule has 1 N–H and O–H groups in total. The SMILES string of the molecule is CCCCCCCCC(O)c1ocnc1C. The van der Waals surface area contributed by atoms with Gasteiger partial charge in [-0.15, -0.1) is 0 Å². The molecule has 0 fully saturated rings. The van der Waals surface area contributed by atoms with Crippen LogP contribution < -0.4 is 0 Å². The summed E-state index contributed by atoms with van der Waals surface area (Å²) in [5, 5.41) is 9.86. The molecule has 1 heterocycles. The number of aliphatic hydroxyl groups is 1. The zero-order valence-corrected chi connectivity index (χ0v) is 10.4. The summed E-state index contributed by atoms with van der Waals surface area (Å²) in [6, 6.07) is 0. The van der Waals surface area contributed by atoms with Crippen molar-refractivity contribution in [1.29, 1.82) is 0 Å². The third kappa shape index (κ3) is 4.35. The molecule has 16 heavy (non-hydrogen) atoms. The summed E-state index contributed by atoms with van der Waals surface area (Å²) in [5.74, 6) is 0.633. The molecule has 0 saturated carbocycles. The molecular weight excluding hydrogens is 202 g/mol. The van der Waals surface area contributed by atoms with Crippen molar-refractivity contribution in [3.63, 3.8) is 0 Å². The molecule has 1 unspecified atom stereocenters. The summed E-state index contributed by atoms with van der Waals surface area (Å²) >= 11 is 0. The molecule has 0 aliphatic rings. The smallest absolute Gasteiger partial charge is 0.181 e. The summed E-state index contributed by atoms with van der Waals surface area (Å²) in [6.07, 6.45) is 9.15. The molecule has 92 valence electrons. The number of aromatic nitrogens is 1. The van der Waals surface area contributed by atoms with Gasteiger partial charge in [0.15, 0.2) is 12.2 Å². The van der Waals surface area contributed by atoms with Gasteiger partial charge in [0.25, 0.3) is 0 Å². The van der Waals surface area contributed by atoms with E-state index in [1.807, 2.05) is 6.92 Å². The summed E-state index contributed by atoms with van der Waals surface area (Å²) in [4.78, 5) is 3.98. The molecule has 0 radical (unpaired) electrons. The van der Waals surface area contributed by atoms with Crippen LogP contribution >= 0.6 is 0 Å². The van der Waals surface area contributed by atoms with Crippen LogP contribution in [0, 0.1) is 6.92 Å². The molecule has 0 saturated heterocycles. The van der Waals surface area contributed by atoms with Crippen LogP contribution in [0.4, 0.5) is 0 Å². The second kappa shape index (κ2) is 7.44. The van der Waals surface area contributed by atoms with Crippen molar-refractivity contribution in [2.24, 2.45) is 0 Å². The van der Waals surface area contributed by atoms with Crippen molar-refractivity contribution in [2.75, 3.05) is 0 Å². The molecule has 3 heteroatoms. The van der Waals surface area contributed by atoms with Crippen LogP contribution in [-0.4, -0.2) is 10.1 Å². The number of aliphatic hydroxyl groups excluding tert-OH is 1. The second-order valence-corrected chi connectivity index (χ2v) is 4.37. The maximum Gasteiger partial charge on any atom is 0.181 e. The van der Waals surface area contributed by atoms with Gasteiger partial charge in [-0.3, -0.25) is 0 Å². The van der Waals surface area contributed by atoms with E-state index in [2.05, 4.69) is 11.9 Å². The summed E-state index contributed by atoms with van der Waals surface area (Å²) in [7, 11) is 0. The van der Waals surface area contributed by atoms with Crippen LogP contribution in [0.15, 0.2) is 10.8 Å². The molecule has 1 rings (SSSR count). The van der Waals surface area contributed by atoms with Crippen molar-refractivity contribution in [3.8, 4) is 0 Å². The average Bonchev–Trinajstić information content (AvgIpc) is 2.69. The van der Waals surface area contributed by atoms with Gasteiger partial charge in [0, 0.05) is 0 Å². The lowest BCUT2D eigenvalue weighted by molar-refractivity contribution is 0.136. The van der Waals surface area contributed by atoms with Gasteiger partial charge in [-0.05, 0) is 13.3 Å². The fraction of sp³-hybridized carbons (Fsp3) is 0.769. The Bertz CT molecular complexity index is 283. The van der Waals surface area contributed by atoms with Crippen LogP contribution in [0.25, 0.3) is 0 Å². The number of aryl methyl sites for hydroxylation is 1. The van der Waals surface area contributed by atoms with E-state index in [0.717, 1.165) is 18.5 Å². The highest BCUT2D eigenvalue weighted by Gasteiger charge is 2.14. The highest BCUT2D eigenvalue weighted by Crippen LogP contribution is 2.22. The Morgan fingerprint density at radius 2 is 1.94 bits per heavy atom. The first-order valence-electron chi connectivity index (χ1n) is 6.33.